The van der Waals surface area contributed by atoms with Gasteiger partial charge in [0.2, 0.25) is 5.91 Å². The van der Waals surface area contributed by atoms with Crippen LogP contribution >= 0.6 is 0 Å². The molecule has 0 radical (unpaired) electrons. The van der Waals surface area contributed by atoms with Crippen LogP contribution in [0.15, 0.2) is 0 Å². The van der Waals surface area contributed by atoms with E-state index in [9.17, 15) is 9.59 Å². The summed E-state index contributed by atoms with van der Waals surface area (Å²) in [6, 6.07) is -0.878. The van der Waals surface area contributed by atoms with Gasteiger partial charge < -0.3 is 20.5 Å². The zero-order valence-corrected chi connectivity index (χ0v) is 11.1. The van der Waals surface area contributed by atoms with E-state index < -0.39 is 12.0 Å². The summed E-state index contributed by atoms with van der Waals surface area (Å²) in [5, 5.41) is 14.8. The number of rotatable bonds is 6. The molecular weight excluding hydrogens is 236 g/mol. The summed E-state index contributed by atoms with van der Waals surface area (Å²) in [5.74, 6) is -1.71. The lowest BCUT2D eigenvalue weighted by Gasteiger charge is -2.22. The molecule has 1 amide bonds. The molecule has 1 heterocycles. The maximum Gasteiger partial charge on any atom is 0.326 e. The Balaban J connectivity index is 2.60. The summed E-state index contributed by atoms with van der Waals surface area (Å²) in [5.41, 5.74) is 0. The van der Waals surface area contributed by atoms with Crippen molar-refractivity contribution in [2.75, 3.05) is 19.8 Å². The van der Waals surface area contributed by atoms with Gasteiger partial charge in [0, 0.05) is 6.04 Å². The number of hydrogen-bond donors (Lipinski definition) is 3. The summed E-state index contributed by atoms with van der Waals surface area (Å²) >= 11 is 0. The Hall–Kier alpha value is -1.14. The van der Waals surface area contributed by atoms with Crippen LogP contribution in [0, 0.1) is 11.8 Å². The van der Waals surface area contributed by atoms with Crippen molar-refractivity contribution in [3.63, 3.8) is 0 Å². The lowest BCUT2D eigenvalue weighted by molar-refractivity contribution is -0.143. The van der Waals surface area contributed by atoms with Crippen LogP contribution in [0.3, 0.4) is 0 Å². The maximum absolute atomic E-state index is 12.1. The van der Waals surface area contributed by atoms with Crippen molar-refractivity contribution in [3.8, 4) is 0 Å². The Morgan fingerprint density at radius 3 is 2.56 bits per heavy atom. The predicted octanol–water partition coefficient (Wildman–Crippen LogP) is -0.164. The molecule has 6 nitrogen and oxygen atoms in total. The monoisotopic (exact) mass is 258 g/mol. The highest BCUT2D eigenvalue weighted by atomic mass is 16.5. The largest absolute Gasteiger partial charge is 0.480 e. The molecule has 1 rings (SSSR count). The Bertz CT molecular complexity index is 306. The van der Waals surface area contributed by atoms with E-state index >= 15 is 0 Å². The summed E-state index contributed by atoms with van der Waals surface area (Å²) in [4.78, 5) is 23.1. The van der Waals surface area contributed by atoms with E-state index in [0.29, 0.717) is 13.2 Å². The van der Waals surface area contributed by atoms with Crippen molar-refractivity contribution in [2.45, 2.75) is 32.9 Å². The van der Waals surface area contributed by atoms with Crippen LogP contribution in [-0.4, -0.2) is 48.8 Å². The van der Waals surface area contributed by atoms with Gasteiger partial charge >= 0.3 is 5.97 Å². The van der Waals surface area contributed by atoms with Crippen LogP contribution in [0.1, 0.15) is 20.8 Å². The number of hydrogen-bond acceptors (Lipinski definition) is 4. The van der Waals surface area contributed by atoms with Crippen LogP contribution in [0.2, 0.25) is 0 Å². The van der Waals surface area contributed by atoms with Crippen molar-refractivity contribution < 1.29 is 19.4 Å². The molecule has 1 saturated heterocycles. The van der Waals surface area contributed by atoms with E-state index in [2.05, 4.69) is 10.6 Å². The first-order valence-electron chi connectivity index (χ1n) is 6.31. The van der Waals surface area contributed by atoms with Gasteiger partial charge in [0.25, 0.3) is 0 Å². The Morgan fingerprint density at radius 2 is 2.06 bits per heavy atom. The molecule has 3 N–H and O–H groups in total. The second-order valence-corrected chi connectivity index (χ2v) is 4.88. The highest BCUT2D eigenvalue weighted by Crippen LogP contribution is 2.15. The average molecular weight is 258 g/mol. The molecular formula is C12H22N2O4. The number of carbonyl (C=O) groups excluding carboxylic acids is 1. The third-order valence-corrected chi connectivity index (χ3v) is 3.11. The molecule has 104 valence electrons. The van der Waals surface area contributed by atoms with E-state index in [-0.39, 0.29) is 23.8 Å². The SMILES string of the molecule is CCNC1COCC1C(=O)NC(C(=O)O)C(C)C. The molecule has 1 aliphatic heterocycles. The van der Waals surface area contributed by atoms with Crippen molar-refractivity contribution in [3.05, 3.63) is 0 Å². The van der Waals surface area contributed by atoms with Gasteiger partial charge in [-0.2, -0.15) is 0 Å². The normalized spacial score (nSPS) is 25.1. The van der Waals surface area contributed by atoms with E-state index in [4.69, 9.17) is 9.84 Å². The first-order valence-corrected chi connectivity index (χ1v) is 6.31. The fraction of sp³-hybridized carbons (Fsp3) is 0.833. The van der Waals surface area contributed by atoms with Gasteiger partial charge in [-0.25, -0.2) is 4.79 Å². The highest BCUT2D eigenvalue weighted by Gasteiger charge is 2.35. The number of carboxylic acid groups (broad SMARTS) is 1. The van der Waals surface area contributed by atoms with E-state index in [0.717, 1.165) is 6.54 Å². The minimum atomic E-state index is -1.00. The van der Waals surface area contributed by atoms with Gasteiger partial charge in [-0.1, -0.05) is 20.8 Å². The molecule has 0 spiro atoms. The molecule has 0 aliphatic carbocycles. The van der Waals surface area contributed by atoms with Gasteiger partial charge in [0.1, 0.15) is 6.04 Å². The molecule has 18 heavy (non-hydrogen) atoms. The molecule has 0 aromatic heterocycles. The van der Waals surface area contributed by atoms with Gasteiger partial charge in [0.05, 0.1) is 19.1 Å². The van der Waals surface area contributed by atoms with Gasteiger partial charge in [0.15, 0.2) is 0 Å². The van der Waals surface area contributed by atoms with Gasteiger partial charge in [-0.15, -0.1) is 0 Å². The van der Waals surface area contributed by atoms with Crippen LogP contribution in [0.25, 0.3) is 0 Å². The Morgan fingerprint density at radius 1 is 1.39 bits per heavy atom. The smallest absolute Gasteiger partial charge is 0.326 e. The third kappa shape index (κ3) is 3.68. The fourth-order valence-electron chi connectivity index (χ4n) is 2.05. The van der Waals surface area contributed by atoms with Crippen molar-refractivity contribution in [1.29, 1.82) is 0 Å². The first kappa shape index (κ1) is 14.9. The van der Waals surface area contributed by atoms with E-state index in [1.165, 1.54) is 0 Å². The predicted molar refractivity (Wildman–Crippen MR) is 66.2 cm³/mol. The summed E-state index contributed by atoms with van der Waals surface area (Å²) in [6.07, 6.45) is 0. The number of aliphatic carboxylic acids is 1. The molecule has 0 aromatic carbocycles. The summed E-state index contributed by atoms with van der Waals surface area (Å²) in [7, 11) is 0. The fourth-order valence-corrected chi connectivity index (χ4v) is 2.05. The van der Waals surface area contributed by atoms with Gasteiger partial charge in [-0.05, 0) is 12.5 Å². The van der Waals surface area contributed by atoms with Crippen LogP contribution in [-0.2, 0) is 14.3 Å². The number of ether oxygens (including phenoxy) is 1. The second kappa shape index (κ2) is 6.70. The maximum atomic E-state index is 12.1. The molecule has 0 saturated carbocycles. The minimum Gasteiger partial charge on any atom is -0.480 e. The summed E-state index contributed by atoms with van der Waals surface area (Å²) in [6.45, 7) is 7.09. The summed E-state index contributed by atoms with van der Waals surface area (Å²) < 4.78 is 5.28. The number of amides is 1. The molecule has 3 unspecified atom stereocenters. The van der Waals surface area contributed by atoms with Crippen molar-refractivity contribution in [2.24, 2.45) is 11.8 Å². The zero-order chi connectivity index (χ0) is 13.7. The second-order valence-electron chi connectivity index (χ2n) is 4.88. The van der Waals surface area contributed by atoms with Gasteiger partial charge in [-0.3, -0.25) is 4.79 Å². The van der Waals surface area contributed by atoms with E-state index in [1.807, 2.05) is 6.92 Å². The lowest BCUT2D eigenvalue weighted by Crippen LogP contribution is -2.50. The molecule has 1 fully saturated rings. The van der Waals surface area contributed by atoms with E-state index in [1.54, 1.807) is 13.8 Å². The zero-order valence-electron chi connectivity index (χ0n) is 11.1. The number of carboxylic acids is 1. The topological polar surface area (TPSA) is 87.7 Å². The van der Waals surface area contributed by atoms with Crippen molar-refractivity contribution >= 4 is 11.9 Å². The number of likely N-dealkylation sites (N-methyl/N-ethyl adjacent to an activating group) is 1. The molecule has 1 aliphatic rings. The minimum absolute atomic E-state index is 0.0309. The van der Waals surface area contributed by atoms with Crippen molar-refractivity contribution in [1.82, 2.24) is 10.6 Å². The average Bonchev–Trinajstić information content (AvgIpc) is 2.73. The lowest BCUT2D eigenvalue weighted by atomic mass is 9.99. The Kier molecular flexibility index (Phi) is 5.55. The third-order valence-electron chi connectivity index (χ3n) is 3.11. The molecule has 0 aromatic rings. The number of carbonyl (C=O) groups is 2. The highest BCUT2D eigenvalue weighted by molar-refractivity contribution is 5.85. The molecule has 0 bridgehead atoms. The quantitative estimate of drug-likeness (QED) is 0.616. The first-order chi connectivity index (χ1) is 8.47. The Labute approximate surface area is 107 Å². The van der Waals surface area contributed by atoms with Crippen LogP contribution in [0.5, 0.6) is 0 Å². The molecule has 6 heteroatoms. The molecule has 3 atom stereocenters. The van der Waals surface area contributed by atoms with Crippen LogP contribution < -0.4 is 10.6 Å². The number of nitrogens with one attached hydrogen (secondary N) is 2. The van der Waals surface area contributed by atoms with Crippen LogP contribution in [0.4, 0.5) is 0 Å². The standard InChI is InChI=1S/C12H22N2O4/c1-4-13-9-6-18-5-8(9)11(15)14-10(7(2)3)12(16)17/h7-10,13H,4-6H2,1-3H3,(H,14,15)(H,16,17).